The van der Waals surface area contributed by atoms with Crippen molar-refractivity contribution in [3.63, 3.8) is 0 Å². The molecule has 1 amide bonds. The van der Waals surface area contributed by atoms with Gasteiger partial charge in [-0.1, -0.05) is 84.0 Å². The van der Waals surface area contributed by atoms with Crippen molar-refractivity contribution in [2.24, 2.45) is 0 Å². The minimum Gasteiger partial charge on any atom is -0.550 e. The van der Waals surface area contributed by atoms with E-state index >= 15 is 0 Å². The number of hydrogen-bond acceptors (Lipinski definition) is 4. The van der Waals surface area contributed by atoms with Crippen molar-refractivity contribution < 1.29 is 23.9 Å². The van der Waals surface area contributed by atoms with Crippen LogP contribution in [0.1, 0.15) is 103 Å². The summed E-state index contributed by atoms with van der Waals surface area (Å²) in [5.74, 6) is -1.02. The predicted molar refractivity (Wildman–Crippen MR) is 123 cm³/mol. The Labute approximate surface area is 190 Å². The monoisotopic (exact) mass is 440 g/mol. The molecule has 1 heterocycles. The summed E-state index contributed by atoms with van der Waals surface area (Å²) in [5, 5.41) is 13.9. The fraction of sp³-hybridized carbons (Fsp3) is 0.920. The van der Waals surface area contributed by atoms with E-state index < -0.39 is 5.97 Å². The molecular weight excluding hydrogens is 392 g/mol. The second-order valence-electron chi connectivity index (χ2n) is 10.1. The van der Waals surface area contributed by atoms with Crippen molar-refractivity contribution in [1.29, 1.82) is 0 Å². The first-order chi connectivity index (χ1) is 14.8. The van der Waals surface area contributed by atoms with Gasteiger partial charge in [0.05, 0.1) is 14.1 Å². The summed E-state index contributed by atoms with van der Waals surface area (Å²) >= 11 is 0. The average molecular weight is 441 g/mol. The number of nitrogens with one attached hydrogen (secondary N) is 1. The lowest BCUT2D eigenvalue weighted by molar-refractivity contribution is -0.905. The van der Waals surface area contributed by atoms with Gasteiger partial charge in [0, 0.05) is 25.4 Å². The van der Waals surface area contributed by atoms with E-state index in [4.69, 9.17) is 4.74 Å². The lowest BCUT2D eigenvalue weighted by atomic mass is 10.0. The Morgan fingerprint density at radius 1 is 0.839 bits per heavy atom. The number of morpholine rings is 1. The van der Waals surface area contributed by atoms with Crippen LogP contribution in [0, 0.1) is 0 Å². The van der Waals surface area contributed by atoms with Crippen molar-refractivity contribution in [3.8, 4) is 0 Å². The van der Waals surface area contributed by atoms with Gasteiger partial charge in [0.2, 0.25) is 5.91 Å². The summed E-state index contributed by atoms with van der Waals surface area (Å²) in [5.41, 5.74) is 0. The van der Waals surface area contributed by atoms with Gasteiger partial charge in [-0.05, 0) is 6.42 Å². The number of likely N-dealkylation sites (N-methyl/N-ethyl adjacent to an activating group) is 1. The molecule has 2 atom stereocenters. The number of quaternary nitrogens is 1. The van der Waals surface area contributed by atoms with Crippen molar-refractivity contribution >= 4 is 11.9 Å². The Kier molecular flexibility index (Phi) is 14.8. The first-order valence-electron chi connectivity index (χ1n) is 12.8. The van der Waals surface area contributed by atoms with E-state index in [9.17, 15) is 14.7 Å². The number of amides is 1. The Morgan fingerprint density at radius 3 is 1.84 bits per heavy atom. The Bertz CT molecular complexity index is 496. The molecule has 0 unspecified atom stereocenters. The van der Waals surface area contributed by atoms with Crippen LogP contribution in [0.5, 0.6) is 0 Å². The highest BCUT2D eigenvalue weighted by atomic mass is 16.5. The molecule has 1 rings (SSSR count). The summed E-state index contributed by atoms with van der Waals surface area (Å²) in [6.45, 7) is 4.12. The maximum Gasteiger partial charge on any atom is 0.220 e. The SMILES string of the molecule is CCCCCCCCCCCCCCCC(=O)NC[C@H]1C[N+](C)(C)C[C@H](CC(=O)[O-])O1. The second kappa shape index (κ2) is 16.5. The normalized spacial score (nSPS) is 20.5. The van der Waals surface area contributed by atoms with Crippen LogP contribution in [0.3, 0.4) is 0 Å². The number of carbonyl (C=O) groups is 2. The van der Waals surface area contributed by atoms with Crippen molar-refractivity contribution in [2.75, 3.05) is 33.7 Å². The number of carboxylic acid groups (broad SMARTS) is 1. The largest absolute Gasteiger partial charge is 0.550 e. The lowest BCUT2D eigenvalue weighted by Crippen LogP contribution is -2.59. The zero-order chi connectivity index (χ0) is 23.0. The molecule has 0 aromatic heterocycles. The standard InChI is InChI=1S/C25H48N2O4/c1-4-5-6-7-8-9-10-11-12-13-14-15-16-17-24(28)26-19-23-21-27(2,3)20-22(31-23)18-25(29)30/h22-23H,4-21H2,1-3H3,(H-,26,28,29,30)/t22-,23-/m0/s1. The predicted octanol–water partition coefficient (Wildman–Crippen LogP) is 3.57. The van der Waals surface area contributed by atoms with Crippen LogP contribution in [0.15, 0.2) is 0 Å². The van der Waals surface area contributed by atoms with Crippen LogP contribution in [0.25, 0.3) is 0 Å². The third kappa shape index (κ3) is 15.3. The molecule has 1 aliphatic heterocycles. The molecule has 0 spiro atoms. The van der Waals surface area contributed by atoms with E-state index in [1.54, 1.807) is 0 Å². The molecular formula is C25H48N2O4. The van der Waals surface area contributed by atoms with Gasteiger partial charge in [-0.2, -0.15) is 0 Å². The zero-order valence-electron chi connectivity index (χ0n) is 20.5. The molecule has 6 heteroatoms. The molecule has 0 saturated carbocycles. The quantitative estimate of drug-likeness (QED) is 0.261. The third-order valence-electron chi connectivity index (χ3n) is 6.21. The minimum absolute atomic E-state index is 0.0685. The highest BCUT2D eigenvalue weighted by Gasteiger charge is 2.34. The van der Waals surface area contributed by atoms with E-state index in [1.807, 2.05) is 0 Å². The topological polar surface area (TPSA) is 78.5 Å². The van der Waals surface area contributed by atoms with Crippen LogP contribution < -0.4 is 10.4 Å². The van der Waals surface area contributed by atoms with E-state index in [-0.39, 0.29) is 24.5 Å². The maximum atomic E-state index is 12.1. The number of unbranched alkanes of at least 4 members (excludes halogenated alkanes) is 12. The molecule has 31 heavy (non-hydrogen) atoms. The summed E-state index contributed by atoms with van der Waals surface area (Å²) in [7, 11) is 4.13. The van der Waals surface area contributed by atoms with Gasteiger partial charge in [0.25, 0.3) is 0 Å². The number of carboxylic acids is 1. The van der Waals surface area contributed by atoms with Crippen LogP contribution >= 0.6 is 0 Å². The molecule has 1 aliphatic rings. The molecule has 6 nitrogen and oxygen atoms in total. The van der Waals surface area contributed by atoms with Gasteiger partial charge in [-0.25, -0.2) is 0 Å². The van der Waals surface area contributed by atoms with Gasteiger partial charge in [-0.15, -0.1) is 0 Å². The number of hydrogen-bond donors (Lipinski definition) is 1. The number of ether oxygens (including phenoxy) is 1. The summed E-state index contributed by atoms with van der Waals surface area (Å²) < 4.78 is 6.55. The molecule has 0 aromatic rings. The molecule has 0 aliphatic carbocycles. The van der Waals surface area contributed by atoms with Gasteiger partial charge >= 0.3 is 0 Å². The summed E-state index contributed by atoms with van der Waals surface area (Å²) in [4.78, 5) is 23.0. The summed E-state index contributed by atoms with van der Waals surface area (Å²) in [6, 6.07) is 0. The molecule has 0 radical (unpaired) electrons. The molecule has 0 aromatic carbocycles. The van der Waals surface area contributed by atoms with E-state index in [2.05, 4.69) is 26.3 Å². The first kappa shape index (κ1) is 27.9. The van der Waals surface area contributed by atoms with E-state index in [0.29, 0.717) is 24.0 Å². The average Bonchev–Trinajstić information content (AvgIpc) is 2.68. The van der Waals surface area contributed by atoms with Crippen LogP contribution in [0.4, 0.5) is 0 Å². The van der Waals surface area contributed by atoms with Crippen LogP contribution in [-0.2, 0) is 14.3 Å². The van der Waals surface area contributed by atoms with Gasteiger partial charge < -0.3 is 24.4 Å². The van der Waals surface area contributed by atoms with Crippen molar-refractivity contribution in [2.45, 2.75) is 115 Å². The number of nitrogens with zero attached hydrogens (tertiary/aromatic N) is 1. The number of aliphatic carboxylic acids is 1. The highest BCUT2D eigenvalue weighted by molar-refractivity contribution is 5.75. The van der Waals surface area contributed by atoms with E-state index in [1.165, 1.54) is 70.6 Å². The highest BCUT2D eigenvalue weighted by Crippen LogP contribution is 2.17. The molecule has 1 N–H and O–H groups in total. The molecule has 1 saturated heterocycles. The van der Waals surface area contributed by atoms with Gasteiger partial charge in [-0.3, -0.25) is 4.79 Å². The number of carbonyl (C=O) groups excluding carboxylic acids is 2. The fourth-order valence-electron chi connectivity index (χ4n) is 4.57. The van der Waals surface area contributed by atoms with Crippen LogP contribution in [-0.4, -0.2) is 62.3 Å². The Balaban J connectivity index is 1.99. The van der Waals surface area contributed by atoms with Crippen molar-refractivity contribution in [3.05, 3.63) is 0 Å². The fourth-order valence-corrected chi connectivity index (χ4v) is 4.57. The molecule has 1 fully saturated rings. The molecule has 0 bridgehead atoms. The molecule has 182 valence electrons. The Morgan fingerprint density at radius 2 is 1.32 bits per heavy atom. The van der Waals surface area contributed by atoms with Crippen molar-refractivity contribution in [1.82, 2.24) is 5.32 Å². The zero-order valence-corrected chi connectivity index (χ0v) is 20.5. The van der Waals surface area contributed by atoms with E-state index in [0.717, 1.165) is 19.4 Å². The van der Waals surface area contributed by atoms with Gasteiger partial charge in [0.1, 0.15) is 25.3 Å². The first-order valence-corrected chi connectivity index (χ1v) is 12.8. The lowest BCUT2D eigenvalue weighted by Gasteiger charge is -2.42. The van der Waals surface area contributed by atoms with Gasteiger partial charge in [0.15, 0.2) is 0 Å². The number of rotatable bonds is 18. The smallest absolute Gasteiger partial charge is 0.220 e. The van der Waals surface area contributed by atoms with Crippen LogP contribution in [0.2, 0.25) is 0 Å². The maximum absolute atomic E-state index is 12.1. The second-order valence-corrected chi connectivity index (χ2v) is 10.1. The summed E-state index contributed by atoms with van der Waals surface area (Å²) in [6.07, 6.45) is 16.8. The Hall–Kier alpha value is -1.14. The minimum atomic E-state index is -1.09. The third-order valence-corrected chi connectivity index (χ3v) is 6.21.